The van der Waals surface area contributed by atoms with E-state index in [4.69, 9.17) is 9.47 Å². The number of methoxy groups -OCH3 is 2. The van der Waals surface area contributed by atoms with E-state index in [0.29, 0.717) is 6.61 Å². The smallest absolute Gasteiger partial charge is 0.316 e. The maximum absolute atomic E-state index is 11.8. The zero-order valence-corrected chi connectivity index (χ0v) is 11.5. The van der Waals surface area contributed by atoms with Crippen molar-refractivity contribution in [3.05, 3.63) is 33.8 Å². The van der Waals surface area contributed by atoms with Crippen molar-refractivity contribution in [3.8, 4) is 0 Å². The highest BCUT2D eigenvalue weighted by atomic mass is 79.9. The molecule has 0 amide bonds. The fraction of sp³-hybridized carbons (Fsp3) is 0.462. The van der Waals surface area contributed by atoms with Crippen LogP contribution >= 0.6 is 15.9 Å². The number of hydrogen-bond donors (Lipinski definition) is 0. The molecule has 0 spiro atoms. The van der Waals surface area contributed by atoms with Crippen LogP contribution in [0.2, 0.25) is 0 Å². The molecule has 0 unspecified atom stereocenters. The Morgan fingerprint density at radius 2 is 2.12 bits per heavy atom. The molecule has 0 atom stereocenters. The van der Waals surface area contributed by atoms with Gasteiger partial charge in [-0.3, -0.25) is 4.79 Å². The highest BCUT2D eigenvalue weighted by molar-refractivity contribution is 9.10. The lowest BCUT2D eigenvalue weighted by atomic mass is 9.94. The van der Waals surface area contributed by atoms with Gasteiger partial charge >= 0.3 is 5.97 Å². The lowest BCUT2D eigenvalue weighted by Crippen LogP contribution is -2.22. The minimum Gasteiger partial charge on any atom is -0.468 e. The summed E-state index contributed by atoms with van der Waals surface area (Å²) in [5.41, 5.74) is 1.68. The SMILES string of the molecule is COCc1cc(C2(C(=O)OC)CC2)ccc1Br. The fourth-order valence-electron chi connectivity index (χ4n) is 2.07. The first kappa shape index (κ1) is 12.6. The van der Waals surface area contributed by atoms with Gasteiger partial charge in [0.05, 0.1) is 19.1 Å². The monoisotopic (exact) mass is 298 g/mol. The first-order valence-electron chi connectivity index (χ1n) is 5.50. The molecule has 0 heterocycles. The van der Waals surface area contributed by atoms with Gasteiger partial charge in [0.2, 0.25) is 0 Å². The van der Waals surface area contributed by atoms with E-state index in [1.165, 1.54) is 7.11 Å². The summed E-state index contributed by atoms with van der Waals surface area (Å²) >= 11 is 3.48. The van der Waals surface area contributed by atoms with Crippen molar-refractivity contribution in [3.63, 3.8) is 0 Å². The standard InChI is InChI=1S/C13H15BrO3/c1-16-8-9-7-10(3-4-11(9)14)13(5-6-13)12(15)17-2/h3-4,7H,5-6,8H2,1-2H3. The number of halogens is 1. The van der Waals surface area contributed by atoms with Gasteiger partial charge in [-0.15, -0.1) is 0 Å². The summed E-state index contributed by atoms with van der Waals surface area (Å²) in [6.45, 7) is 0.533. The van der Waals surface area contributed by atoms with Gasteiger partial charge in [0.15, 0.2) is 0 Å². The molecule has 4 heteroatoms. The Morgan fingerprint density at radius 3 is 2.65 bits per heavy atom. The van der Waals surface area contributed by atoms with Gasteiger partial charge in [0.1, 0.15) is 0 Å². The van der Waals surface area contributed by atoms with Gasteiger partial charge in [-0.25, -0.2) is 0 Å². The van der Waals surface area contributed by atoms with Gasteiger partial charge in [0.25, 0.3) is 0 Å². The van der Waals surface area contributed by atoms with Crippen LogP contribution in [-0.4, -0.2) is 20.2 Å². The van der Waals surface area contributed by atoms with Crippen molar-refractivity contribution in [1.29, 1.82) is 0 Å². The summed E-state index contributed by atoms with van der Waals surface area (Å²) in [5.74, 6) is -0.136. The molecule has 1 aromatic carbocycles. The van der Waals surface area contributed by atoms with Crippen molar-refractivity contribution in [2.75, 3.05) is 14.2 Å². The molecule has 1 fully saturated rings. The number of carbonyl (C=O) groups is 1. The average Bonchev–Trinajstić information content (AvgIpc) is 3.12. The van der Waals surface area contributed by atoms with Crippen molar-refractivity contribution in [1.82, 2.24) is 0 Å². The molecule has 3 nitrogen and oxygen atoms in total. The van der Waals surface area contributed by atoms with E-state index in [2.05, 4.69) is 15.9 Å². The third-order valence-electron chi connectivity index (χ3n) is 3.22. The van der Waals surface area contributed by atoms with Crippen LogP contribution in [0.4, 0.5) is 0 Å². The van der Waals surface area contributed by atoms with Gasteiger partial charge in [-0.1, -0.05) is 28.1 Å². The van der Waals surface area contributed by atoms with Crippen molar-refractivity contribution in [2.45, 2.75) is 24.9 Å². The Labute approximate surface area is 109 Å². The van der Waals surface area contributed by atoms with Crippen LogP contribution < -0.4 is 0 Å². The molecule has 0 aliphatic heterocycles. The lowest BCUT2D eigenvalue weighted by molar-refractivity contribution is -0.143. The molecule has 0 radical (unpaired) electrons. The number of ether oxygens (including phenoxy) is 2. The van der Waals surface area contributed by atoms with Crippen LogP contribution in [0.1, 0.15) is 24.0 Å². The minimum absolute atomic E-state index is 0.136. The summed E-state index contributed by atoms with van der Waals surface area (Å²) < 4.78 is 11.0. The number of rotatable bonds is 4. The van der Waals surface area contributed by atoms with Crippen LogP contribution in [-0.2, 0) is 26.3 Å². The van der Waals surface area contributed by atoms with Crippen LogP contribution in [0.3, 0.4) is 0 Å². The number of benzene rings is 1. The molecule has 1 saturated carbocycles. The molecule has 92 valence electrons. The predicted octanol–water partition coefficient (Wildman–Crippen LogP) is 2.80. The highest BCUT2D eigenvalue weighted by Gasteiger charge is 2.52. The van der Waals surface area contributed by atoms with E-state index >= 15 is 0 Å². The van der Waals surface area contributed by atoms with E-state index in [9.17, 15) is 4.79 Å². The molecule has 0 aromatic heterocycles. The van der Waals surface area contributed by atoms with Crippen LogP contribution in [0, 0.1) is 0 Å². The second-order valence-electron chi connectivity index (χ2n) is 4.31. The van der Waals surface area contributed by atoms with E-state index < -0.39 is 5.41 Å². The largest absolute Gasteiger partial charge is 0.468 e. The van der Waals surface area contributed by atoms with Crippen LogP contribution in [0.25, 0.3) is 0 Å². The van der Waals surface area contributed by atoms with Crippen molar-refractivity contribution >= 4 is 21.9 Å². The maximum Gasteiger partial charge on any atom is 0.316 e. The van der Waals surface area contributed by atoms with Gasteiger partial charge in [-0.05, 0) is 30.0 Å². The summed E-state index contributed by atoms with van der Waals surface area (Å²) in [7, 11) is 3.10. The summed E-state index contributed by atoms with van der Waals surface area (Å²) in [5, 5.41) is 0. The normalized spacial score (nSPS) is 16.6. The molecule has 2 rings (SSSR count). The number of carbonyl (C=O) groups excluding carboxylic acids is 1. The summed E-state index contributed by atoms with van der Waals surface area (Å²) in [4.78, 5) is 11.8. The Bertz CT molecular complexity index is 438. The van der Waals surface area contributed by atoms with Crippen molar-refractivity contribution in [2.24, 2.45) is 0 Å². The van der Waals surface area contributed by atoms with Gasteiger partial charge < -0.3 is 9.47 Å². The fourth-order valence-corrected chi connectivity index (χ4v) is 2.43. The summed E-state index contributed by atoms with van der Waals surface area (Å²) in [6, 6.07) is 5.97. The molecule has 0 saturated heterocycles. The first-order chi connectivity index (χ1) is 8.14. The molecule has 1 aliphatic rings. The van der Waals surface area contributed by atoms with Gasteiger partial charge in [-0.2, -0.15) is 0 Å². The Morgan fingerprint density at radius 1 is 1.41 bits per heavy atom. The topological polar surface area (TPSA) is 35.5 Å². The predicted molar refractivity (Wildman–Crippen MR) is 67.8 cm³/mol. The molecule has 1 aliphatic carbocycles. The van der Waals surface area contributed by atoms with E-state index in [1.807, 2.05) is 18.2 Å². The Hall–Kier alpha value is -0.870. The van der Waals surface area contributed by atoms with E-state index in [0.717, 1.165) is 28.4 Å². The van der Waals surface area contributed by atoms with E-state index in [1.54, 1.807) is 7.11 Å². The first-order valence-corrected chi connectivity index (χ1v) is 6.29. The Balaban J connectivity index is 2.34. The molecular weight excluding hydrogens is 284 g/mol. The number of hydrogen-bond acceptors (Lipinski definition) is 3. The third kappa shape index (κ3) is 2.24. The maximum atomic E-state index is 11.8. The summed E-state index contributed by atoms with van der Waals surface area (Å²) in [6.07, 6.45) is 1.74. The average molecular weight is 299 g/mol. The molecule has 0 bridgehead atoms. The number of esters is 1. The zero-order chi connectivity index (χ0) is 12.5. The Kier molecular flexibility index (Phi) is 3.54. The van der Waals surface area contributed by atoms with Crippen LogP contribution in [0.5, 0.6) is 0 Å². The molecule has 0 N–H and O–H groups in total. The quantitative estimate of drug-likeness (QED) is 0.802. The molecule has 1 aromatic rings. The minimum atomic E-state index is -0.405. The molecular formula is C13H15BrO3. The second kappa shape index (κ2) is 4.78. The van der Waals surface area contributed by atoms with Gasteiger partial charge in [0, 0.05) is 11.6 Å². The second-order valence-corrected chi connectivity index (χ2v) is 5.17. The van der Waals surface area contributed by atoms with Crippen molar-refractivity contribution < 1.29 is 14.3 Å². The van der Waals surface area contributed by atoms with Crippen LogP contribution in [0.15, 0.2) is 22.7 Å². The van der Waals surface area contributed by atoms with E-state index in [-0.39, 0.29) is 5.97 Å². The zero-order valence-electron chi connectivity index (χ0n) is 9.96. The molecule has 17 heavy (non-hydrogen) atoms. The highest BCUT2D eigenvalue weighted by Crippen LogP contribution is 2.49. The lowest BCUT2D eigenvalue weighted by Gasteiger charge is -2.15. The third-order valence-corrected chi connectivity index (χ3v) is 4.00.